The van der Waals surface area contributed by atoms with E-state index in [0.717, 1.165) is 12.5 Å². The molecule has 1 heteroatoms. The third kappa shape index (κ3) is 1.58. The minimum absolute atomic E-state index is 0.747. The van der Waals surface area contributed by atoms with Crippen LogP contribution in [0, 0.1) is 3.57 Å². The molecule has 0 radical (unpaired) electrons. The molecule has 1 aliphatic rings. The molecule has 0 aliphatic heterocycles. The van der Waals surface area contributed by atoms with Gasteiger partial charge in [0.25, 0.3) is 0 Å². The summed E-state index contributed by atoms with van der Waals surface area (Å²) in [4.78, 5) is 0. The lowest BCUT2D eigenvalue weighted by Crippen LogP contribution is -2.01. The monoisotopic (exact) mass is 259 g/mol. The fraction of sp³-hybridized carbons (Fsp3) is 0.400. The minimum Gasteiger partial charge on any atom is -0.0577 e. The van der Waals surface area contributed by atoms with Crippen LogP contribution in [0.25, 0.3) is 0 Å². The topological polar surface area (TPSA) is 0 Å². The Hall–Kier alpha value is -0.0500. The Bertz CT molecular complexity index is 307. The van der Waals surface area contributed by atoms with Crippen molar-refractivity contribution < 1.29 is 1.37 Å². The largest absolute Gasteiger partial charge is 0.0626 e. The highest BCUT2D eigenvalue weighted by Gasteiger charge is 2.07. The van der Waals surface area contributed by atoms with E-state index < -0.39 is 0 Å². The minimum atomic E-state index is 0.747. The fourth-order valence-electron chi connectivity index (χ4n) is 1.62. The highest BCUT2D eigenvalue weighted by Crippen LogP contribution is 2.22. The number of aryl methyl sites for hydroxylation is 1. The molecule has 0 atom stereocenters. The Labute approximate surface area is 82.6 Å². The molecule has 0 heterocycles. The number of hydrogen-bond donors (Lipinski definition) is 0. The van der Waals surface area contributed by atoms with Gasteiger partial charge in [-0.05, 0) is 71.5 Å². The second-order valence-electron chi connectivity index (χ2n) is 3.03. The molecule has 1 aromatic carbocycles. The molecule has 0 aromatic heterocycles. The number of benzene rings is 1. The van der Waals surface area contributed by atoms with Gasteiger partial charge in [0.15, 0.2) is 0 Å². The Morgan fingerprint density at radius 1 is 1.27 bits per heavy atom. The summed E-state index contributed by atoms with van der Waals surface area (Å²) in [5.41, 5.74) is 2.71. The molecule has 0 unspecified atom stereocenters. The first-order chi connectivity index (χ1) is 5.77. The van der Waals surface area contributed by atoms with E-state index in [-0.39, 0.29) is 0 Å². The molecule has 0 saturated carbocycles. The maximum Gasteiger partial charge on any atom is 0.0626 e. The summed E-state index contributed by atoms with van der Waals surface area (Å²) in [5.74, 6) is 0. The number of fused-ring (bicyclic) bond motifs is 1. The first-order valence-electron chi connectivity index (χ1n) is 4.55. The standard InChI is InChI=1S/C10H11I/c11-10-6-5-8-3-1-2-4-9(8)7-10/h5-7H,1-4H2/i5D. The summed E-state index contributed by atoms with van der Waals surface area (Å²) in [6.45, 7) is 0. The normalized spacial score (nSPS) is 17.4. The summed E-state index contributed by atoms with van der Waals surface area (Å²) in [6.07, 6.45) is 4.86. The second kappa shape index (κ2) is 3.13. The van der Waals surface area contributed by atoms with Gasteiger partial charge in [-0.2, -0.15) is 0 Å². The Morgan fingerprint density at radius 2 is 2.00 bits per heavy atom. The van der Waals surface area contributed by atoms with Crippen LogP contribution in [0.3, 0.4) is 0 Å². The van der Waals surface area contributed by atoms with E-state index in [1.807, 2.05) is 6.07 Å². The van der Waals surface area contributed by atoms with Crippen LogP contribution in [0.5, 0.6) is 0 Å². The smallest absolute Gasteiger partial charge is 0.0577 e. The van der Waals surface area contributed by atoms with Gasteiger partial charge in [0, 0.05) is 3.57 Å². The predicted octanol–water partition coefficient (Wildman–Crippen LogP) is 3.17. The molecule has 0 amide bonds. The summed E-state index contributed by atoms with van der Waals surface area (Å²) < 4.78 is 8.99. The van der Waals surface area contributed by atoms with Crippen LogP contribution < -0.4 is 0 Å². The molecule has 0 saturated heterocycles. The van der Waals surface area contributed by atoms with Crippen molar-refractivity contribution in [1.82, 2.24) is 0 Å². The Morgan fingerprint density at radius 3 is 2.82 bits per heavy atom. The third-order valence-electron chi connectivity index (χ3n) is 2.21. The van der Waals surface area contributed by atoms with E-state index in [2.05, 4.69) is 28.7 Å². The van der Waals surface area contributed by atoms with Crippen LogP contribution in [0.2, 0.25) is 0 Å². The molecule has 0 nitrogen and oxygen atoms in total. The maximum absolute atomic E-state index is 7.78. The van der Waals surface area contributed by atoms with E-state index in [9.17, 15) is 0 Å². The lowest BCUT2D eigenvalue weighted by atomic mass is 9.92. The lowest BCUT2D eigenvalue weighted by molar-refractivity contribution is 0.685. The summed E-state index contributed by atoms with van der Waals surface area (Å²) in [7, 11) is 0. The molecule has 1 aromatic rings. The quantitative estimate of drug-likeness (QED) is 0.628. The van der Waals surface area contributed by atoms with Gasteiger partial charge in [-0.25, -0.2) is 0 Å². The van der Waals surface area contributed by atoms with Gasteiger partial charge < -0.3 is 0 Å². The molecule has 0 fully saturated rings. The summed E-state index contributed by atoms with van der Waals surface area (Å²) in [5, 5.41) is 0. The van der Waals surface area contributed by atoms with Crippen molar-refractivity contribution in [3.05, 3.63) is 32.9 Å². The molecule has 11 heavy (non-hydrogen) atoms. The van der Waals surface area contributed by atoms with Gasteiger partial charge in [-0.15, -0.1) is 0 Å². The third-order valence-corrected chi connectivity index (χ3v) is 2.83. The summed E-state index contributed by atoms with van der Waals surface area (Å²) >= 11 is 2.29. The second-order valence-corrected chi connectivity index (χ2v) is 4.27. The average molecular weight is 259 g/mol. The lowest BCUT2D eigenvalue weighted by Gasteiger charge is -2.14. The van der Waals surface area contributed by atoms with Gasteiger partial charge in [0.05, 0.1) is 1.37 Å². The predicted molar refractivity (Wildman–Crippen MR) is 55.8 cm³/mol. The first kappa shape index (κ1) is 6.46. The van der Waals surface area contributed by atoms with Crippen LogP contribution >= 0.6 is 22.6 Å². The summed E-state index contributed by atoms with van der Waals surface area (Å²) in [6, 6.07) is 4.94. The molecule has 0 N–H and O–H groups in total. The van der Waals surface area contributed by atoms with E-state index in [0.29, 0.717) is 0 Å². The SMILES string of the molecule is [2H]c1cc(I)cc2c1CCCC2. The zero-order valence-corrected chi connectivity index (χ0v) is 8.52. The fourth-order valence-corrected chi connectivity index (χ4v) is 2.15. The van der Waals surface area contributed by atoms with E-state index in [1.165, 1.54) is 34.0 Å². The van der Waals surface area contributed by atoms with Gasteiger partial charge in [0.1, 0.15) is 0 Å². The van der Waals surface area contributed by atoms with Gasteiger partial charge in [0.2, 0.25) is 0 Å². The van der Waals surface area contributed by atoms with Crippen molar-refractivity contribution in [2.75, 3.05) is 0 Å². The molecule has 1 aliphatic carbocycles. The van der Waals surface area contributed by atoms with Gasteiger partial charge >= 0.3 is 0 Å². The van der Waals surface area contributed by atoms with Crippen LogP contribution in [-0.4, -0.2) is 0 Å². The van der Waals surface area contributed by atoms with Crippen molar-refractivity contribution >= 4 is 22.6 Å². The number of halogens is 1. The Kier molecular flexibility index (Phi) is 1.84. The van der Waals surface area contributed by atoms with Crippen molar-refractivity contribution in [1.29, 1.82) is 0 Å². The molecular weight excluding hydrogens is 247 g/mol. The highest BCUT2D eigenvalue weighted by atomic mass is 127. The van der Waals surface area contributed by atoms with Crippen molar-refractivity contribution in [2.45, 2.75) is 25.7 Å². The van der Waals surface area contributed by atoms with Crippen LogP contribution in [0.1, 0.15) is 25.3 Å². The first-order valence-corrected chi connectivity index (χ1v) is 5.13. The van der Waals surface area contributed by atoms with Crippen molar-refractivity contribution in [2.24, 2.45) is 0 Å². The zero-order chi connectivity index (χ0) is 8.55. The van der Waals surface area contributed by atoms with E-state index in [4.69, 9.17) is 1.37 Å². The maximum atomic E-state index is 7.78. The van der Waals surface area contributed by atoms with Crippen molar-refractivity contribution in [3.8, 4) is 0 Å². The van der Waals surface area contributed by atoms with Crippen molar-refractivity contribution in [3.63, 3.8) is 0 Å². The van der Waals surface area contributed by atoms with Crippen LogP contribution in [0.15, 0.2) is 18.2 Å². The highest BCUT2D eigenvalue weighted by molar-refractivity contribution is 14.1. The van der Waals surface area contributed by atoms with Crippen LogP contribution in [-0.2, 0) is 12.8 Å². The van der Waals surface area contributed by atoms with E-state index >= 15 is 0 Å². The van der Waals surface area contributed by atoms with Crippen LogP contribution in [0.4, 0.5) is 0 Å². The molecule has 2 rings (SSSR count). The Balaban J connectivity index is 2.53. The van der Waals surface area contributed by atoms with E-state index in [1.54, 1.807) is 0 Å². The molecule has 58 valence electrons. The number of hydrogen-bond acceptors (Lipinski definition) is 0. The van der Waals surface area contributed by atoms with Gasteiger partial charge in [-0.1, -0.05) is 6.04 Å². The molecular formula is C10H11I. The zero-order valence-electron chi connectivity index (χ0n) is 7.36. The molecule has 0 spiro atoms. The molecule has 0 bridgehead atoms. The van der Waals surface area contributed by atoms with Gasteiger partial charge in [-0.3, -0.25) is 0 Å². The number of rotatable bonds is 0. The average Bonchev–Trinajstić information content (AvgIpc) is 2.04.